The molecule has 2 saturated heterocycles. The van der Waals surface area contributed by atoms with Gasteiger partial charge in [0.25, 0.3) is 0 Å². The Morgan fingerprint density at radius 2 is 1.66 bits per heavy atom. The number of unbranched alkanes of at least 4 members (excludes halogenated alkanes) is 3. The van der Waals surface area contributed by atoms with E-state index >= 15 is 0 Å². The van der Waals surface area contributed by atoms with Crippen molar-refractivity contribution in [2.45, 2.75) is 119 Å². The number of nitrogens with one attached hydrogen (secondary N) is 3. The predicted octanol–water partition coefficient (Wildman–Crippen LogP) is 5.78. The molecule has 0 aliphatic carbocycles. The Bertz CT molecular complexity index is 1200. The Hall–Kier alpha value is -3.62. The summed E-state index contributed by atoms with van der Waals surface area (Å²) in [4.78, 5) is 52.5. The summed E-state index contributed by atoms with van der Waals surface area (Å²) >= 11 is 0. The predicted molar refractivity (Wildman–Crippen MR) is 193 cm³/mol. The molecule has 0 radical (unpaired) electrons. The van der Waals surface area contributed by atoms with Crippen LogP contribution in [0.3, 0.4) is 0 Å². The number of piperidine rings is 1. The van der Waals surface area contributed by atoms with Gasteiger partial charge in [0.1, 0.15) is 30.6 Å². The Labute approximate surface area is 284 Å². The lowest BCUT2D eigenvalue weighted by Crippen LogP contribution is -2.52. The normalized spacial score (nSPS) is 16.1. The first-order valence-electron chi connectivity index (χ1n) is 17.7. The zero-order valence-corrected chi connectivity index (χ0v) is 30.5. The summed E-state index contributed by atoms with van der Waals surface area (Å²) in [6, 6.07) is 7.86. The number of para-hydroxylation sites is 1. The van der Waals surface area contributed by atoms with Gasteiger partial charge >= 0.3 is 0 Å². The number of carbonyl (C=O) groups excluding carboxylic acids is 4. The quantitative estimate of drug-likeness (QED) is 0.255. The minimum atomic E-state index is -0.337. The van der Waals surface area contributed by atoms with Crippen LogP contribution in [-0.2, 0) is 19.2 Å². The summed E-state index contributed by atoms with van der Waals surface area (Å²) < 4.78 is 1.78. The van der Waals surface area contributed by atoms with E-state index in [-0.39, 0.29) is 30.9 Å². The van der Waals surface area contributed by atoms with Crippen molar-refractivity contribution in [1.29, 1.82) is 0 Å². The lowest BCUT2D eigenvalue weighted by Gasteiger charge is -2.36. The summed E-state index contributed by atoms with van der Waals surface area (Å²) in [5.74, 6) is 2.05. The van der Waals surface area contributed by atoms with Crippen LogP contribution in [0.15, 0.2) is 36.2 Å². The zero-order valence-electron chi connectivity index (χ0n) is 30.5. The first-order chi connectivity index (χ1) is 22.8. The average molecular weight is 658 g/mol. The SMILES string of the molecule is CC.CCCC.CCCCCC(=O)CC.COn1cc(C)c2ccccc21.O=C=C1CNC(=O)CNCCNC(=O)C2CCCCN12. The highest BCUT2D eigenvalue weighted by Crippen LogP contribution is 2.21. The topological polar surface area (TPSA) is 122 Å². The van der Waals surface area contributed by atoms with Crippen molar-refractivity contribution in [2.75, 3.05) is 39.8 Å². The molecule has 2 fully saturated rings. The van der Waals surface area contributed by atoms with E-state index in [4.69, 9.17) is 4.84 Å². The summed E-state index contributed by atoms with van der Waals surface area (Å²) in [6.07, 6.45) is 12.2. The Balaban J connectivity index is 0.000000668. The molecule has 0 spiro atoms. The molecular weight excluding hydrogens is 594 g/mol. The first kappa shape index (κ1) is 43.4. The Morgan fingerprint density at radius 3 is 2.28 bits per heavy atom. The first-order valence-corrected chi connectivity index (χ1v) is 17.7. The molecule has 0 saturated carbocycles. The number of ketones is 1. The van der Waals surface area contributed by atoms with Crippen molar-refractivity contribution in [1.82, 2.24) is 25.6 Å². The molecular formula is C37H63N5O5. The van der Waals surface area contributed by atoms with Crippen molar-refractivity contribution >= 4 is 34.4 Å². The van der Waals surface area contributed by atoms with Gasteiger partial charge in [-0.3, -0.25) is 14.4 Å². The average Bonchev–Trinajstić information content (AvgIpc) is 3.44. The van der Waals surface area contributed by atoms with Gasteiger partial charge in [-0.15, -0.1) is 0 Å². The fourth-order valence-electron chi connectivity index (χ4n) is 4.78. The second kappa shape index (κ2) is 27.5. The van der Waals surface area contributed by atoms with Gasteiger partial charge in [0, 0.05) is 44.1 Å². The van der Waals surface area contributed by atoms with Crippen molar-refractivity contribution < 1.29 is 24.0 Å². The zero-order chi connectivity index (χ0) is 35.5. The summed E-state index contributed by atoms with van der Waals surface area (Å²) in [7, 11) is 1.67. The highest BCUT2D eigenvalue weighted by Gasteiger charge is 2.30. The summed E-state index contributed by atoms with van der Waals surface area (Å²) in [6.45, 7) is 16.5. The van der Waals surface area contributed by atoms with Gasteiger partial charge in [0.15, 0.2) is 0 Å². The second-order valence-corrected chi connectivity index (χ2v) is 11.2. The van der Waals surface area contributed by atoms with Gasteiger partial charge in [-0.05, 0) is 44.2 Å². The molecule has 10 heteroatoms. The van der Waals surface area contributed by atoms with Crippen LogP contribution in [0.1, 0.15) is 111 Å². The third-order valence-corrected chi connectivity index (χ3v) is 7.64. The molecule has 2 aliphatic heterocycles. The van der Waals surface area contributed by atoms with Crippen LogP contribution in [0.4, 0.5) is 0 Å². The van der Waals surface area contributed by atoms with Crippen molar-refractivity contribution in [3.05, 3.63) is 41.7 Å². The number of fused-ring (bicyclic) bond motifs is 2. The van der Waals surface area contributed by atoms with E-state index < -0.39 is 0 Å². The van der Waals surface area contributed by atoms with Crippen molar-refractivity contribution in [3.8, 4) is 0 Å². The summed E-state index contributed by atoms with van der Waals surface area (Å²) in [5, 5.41) is 9.70. The molecule has 2 aromatic rings. The highest BCUT2D eigenvalue weighted by molar-refractivity contribution is 5.84. The van der Waals surface area contributed by atoms with E-state index in [0.717, 1.165) is 37.6 Å². The molecule has 1 aromatic carbocycles. The number of hydrogen-bond acceptors (Lipinski definition) is 7. The highest BCUT2D eigenvalue weighted by atomic mass is 16.6. The van der Waals surface area contributed by atoms with E-state index in [2.05, 4.69) is 49.7 Å². The van der Waals surface area contributed by atoms with Gasteiger partial charge < -0.3 is 25.7 Å². The van der Waals surface area contributed by atoms with Gasteiger partial charge in [-0.1, -0.05) is 85.4 Å². The molecule has 3 heterocycles. The molecule has 1 unspecified atom stereocenters. The molecule has 2 aliphatic rings. The summed E-state index contributed by atoms with van der Waals surface area (Å²) in [5.41, 5.74) is 2.71. The van der Waals surface area contributed by atoms with Crippen LogP contribution in [0, 0.1) is 6.92 Å². The molecule has 10 nitrogen and oxygen atoms in total. The minimum absolute atomic E-state index is 0.0637. The number of benzene rings is 1. The van der Waals surface area contributed by atoms with E-state index in [9.17, 15) is 19.2 Å². The molecule has 1 atom stereocenters. The monoisotopic (exact) mass is 657 g/mol. The van der Waals surface area contributed by atoms with Gasteiger partial charge in [-0.2, -0.15) is 4.73 Å². The van der Waals surface area contributed by atoms with Gasteiger partial charge in [0.2, 0.25) is 11.8 Å². The standard InChI is InChI=1S/C13H20N4O3.C10H11NO.C8H16O.C4H10.C2H6/c18-9-10-7-16-12(19)8-14-4-5-15-13(20)11-3-1-2-6-17(10)11;1-8-7-11(12-2)10-6-4-3-5-9(8)10;1-3-5-6-7-8(9)4-2;1-3-4-2;1-2/h11,14H,1-8H2,(H,15,20)(H,16,19);3-7H,1-2H3;3-7H2,1-2H3;3-4H2,1-2H3;1-2H3. The molecule has 2 amide bonds. The molecule has 0 bridgehead atoms. The maximum atomic E-state index is 12.2. The second-order valence-electron chi connectivity index (χ2n) is 11.2. The number of amides is 2. The van der Waals surface area contributed by atoms with Crippen LogP contribution in [0.2, 0.25) is 0 Å². The van der Waals surface area contributed by atoms with Crippen molar-refractivity contribution in [2.24, 2.45) is 0 Å². The van der Waals surface area contributed by atoms with E-state index in [1.807, 2.05) is 51.1 Å². The molecule has 4 rings (SSSR count). The lowest BCUT2D eigenvalue weighted by molar-refractivity contribution is -0.126. The number of hydrogen-bond donors (Lipinski definition) is 3. The number of aromatic nitrogens is 1. The van der Waals surface area contributed by atoms with Crippen LogP contribution >= 0.6 is 0 Å². The number of Topliss-reactive ketones (excluding diaryl/α,β-unsaturated/α-hetero) is 1. The molecule has 3 N–H and O–H groups in total. The number of carbonyl (C=O) groups is 3. The van der Waals surface area contributed by atoms with E-state index in [1.54, 1.807) is 16.7 Å². The Morgan fingerprint density at radius 1 is 0.957 bits per heavy atom. The molecule has 47 heavy (non-hydrogen) atoms. The third-order valence-electron chi connectivity index (χ3n) is 7.64. The van der Waals surface area contributed by atoms with Crippen LogP contribution in [0.5, 0.6) is 0 Å². The number of nitrogens with zero attached hydrogens (tertiary/aromatic N) is 2. The van der Waals surface area contributed by atoms with E-state index in [0.29, 0.717) is 37.5 Å². The Kier molecular flexibility index (Phi) is 25.4. The van der Waals surface area contributed by atoms with Crippen LogP contribution in [0.25, 0.3) is 10.9 Å². The fraction of sp³-hybridized carbons (Fsp3) is 0.649. The minimum Gasteiger partial charge on any atom is -0.417 e. The van der Waals surface area contributed by atoms with Gasteiger partial charge in [-0.25, -0.2) is 4.79 Å². The van der Waals surface area contributed by atoms with Crippen molar-refractivity contribution in [3.63, 3.8) is 0 Å². The van der Waals surface area contributed by atoms with E-state index in [1.165, 1.54) is 36.6 Å². The maximum Gasteiger partial charge on any atom is 0.242 e. The number of rotatable bonds is 7. The lowest BCUT2D eigenvalue weighted by atomic mass is 10.0. The maximum absolute atomic E-state index is 12.2. The van der Waals surface area contributed by atoms with Gasteiger partial charge in [0.05, 0.1) is 18.6 Å². The largest absolute Gasteiger partial charge is 0.417 e. The van der Waals surface area contributed by atoms with Crippen LogP contribution < -0.4 is 20.8 Å². The third kappa shape index (κ3) is 17.2. The molecule has 1 aromatic heterocycles. The molecule has 266 valence electrons. The smallest absolute Gasteiger partial charge is 0.242 e. The fourth-order valence-corrected chi connectivity index (χ4v) is 4.78. The van der Waals surface area contributed by atoms with Crippen LogP contribution in [-0.4, -0.2) is 79.0 Å². The number of aryl methyl sites for hydroxylation is 1.